The van der Waals surface area contributed by atoms with Crippen LogP contribution < -0.4 is 10.6 Å². The molecule has 1 aliphatic heterocycles. The number of nitrogens with zero attached hydrogens (tertiary/aromatic N) is 1. The molecule has 1 heterocycles. The van der Waals surface area contributed by atoms with Crippen LogP contribution in [0.25, 0.3) is 0 Å². The Morgan fingerprint density at radius 3 is 2.52 bits per heavy atom. The van der Waals surface area contributed by atoms with E-state index in [1.165, 1.54) is 24.3 Å². The topological polar surface area (TPSA) is 62.7 Å². The van der Waals surface area contributed by atoms with Crippen LogP contribution in [-0.4, -0.2) is 31.1 Å². The summed E-state index contributed by atoms with van der Waals surface area (Å²) in [6.07, 6.45) is 2.07. The highest BCUT2D eigenvalue weighted by molar-refractivity contribution is 6.10. The van der Waals surface area contributed by atoms with Crippen molar-refractivity contribution < 1.29 is 13.9 Å². The summed E-state index contributed by atoms with van der Waals surface area (Å²) in [5.41, 5.74) is 3.43. The van der Waals surface area contributed by atoms with Gasteiger partial charge in [-0.05, 0) is 74.2 Å². The molecule has 142 valence electrons. The highest BCUT2D eigenvalue weighted by atomic mass is 19.1. The van der Waals surface area contributed by atoms with Crippen LogP contribution in [0.15, 0.2) is 47.5 Å². The van der Waals surface area contributed by atoms with E-state index in [1.54, 1.807) is 0 Å². The van der Waals surface area contributed by atoms with Crippen molar-refractivity contribution in [3.63, 3.8) is 0 Å². The van der Waals surface area contributed by atoms with E-state index in [1.807, 2.05) is 26.0 Å². The largest absolute Gasteiger partial charge is 0.376 e. The van der Waals surface area contributed by atoms with Gasteiger partial charge in [-0.2, -0.15) is 0 Å². The quantitative estimate of drug-likeness (QED) is 0.636. The lowest BCUT2D eigenvalue weighted by Crippen LogP contribution is -2.36. The van der Waals surface area contributed by atoms with E-state index in [9.17, 15) is 9.18 Å². The summed E-state index contributed by atoms with van der Waals surface area (Å²) in [7, 11) is 0. The molecule has 1 amide bonds. The van der Waals surface area contributed by atoms with E-state index >= 15 is 0 Å². The standard InChI is InChI=1S/C21H24FN3O2/c1-14-10-15(2)12-18(11-14)24-21(23-13-19-4-3-9-27-19)25-20(26)16-5-7-17(22)8-6-16/h5-8,10-12,19H,3-4,9,13H2,1-2H3,(H2,23,24,25,26)/t19-/m0/s1. The second kappa shape index (κ2) is 8.77. The molecule has 1 atom stereocenters. The van der Waals surface area contributed by atoms with E-state index in [2.05, 4.69) is 21.7 Å². The zero-order valence-electron chi connectivity index (χ0n) is 15.6. The third kappa shape index (κ3) is 5.62. The number of amides is 1. The highest BCUT2D eigenvalue weighted by Crippen LogP contribution is 2.15. The van der Waals surface area contributed by atoms with Crippen LogP contribution in [0.5, 0.6) is 0 Å². The normalized spacial score (nSPS) is 17.0. The van der Waals surface area contributed by atoms with Gasteiger partial charge in [0.1, 0.15) is 5.82 Å². The molecule has 0 saturated carbocycles. The van der Waals surface area contributed by atoms with E-state index in [4.69, 9.17) is 4.74 Å². The Balaban J connectivity index is 1.76. The van der Waals surface area contributed by atoms with Gasteiger partial charge in [0.25, 0.3) is 5.91 Å². The van der Waals surface area contributed by atoms with E-state index in [0.29, 0.717) is 18.1 Å². The summed E-state index contributed by atoms with van der Waals surface area (Å²) in [5.74, 6) is -0.380. The molecule has 0 spiro atoms. The molecule has 0 bridgehead atoms. The van der Waals surface area contributed by atoms with Crippen LogP contribution in [0.1, 0.15) is 34.3 Å². The average Bonchev–Trinajstić information content (AvgIpc) is 3.13. The van der Waals surface area contributed by atoms with Crippen molar-refractivity contribution in [3.05, 3.63) is 65.0 Å². The van der Waals surface area contributed by atoms with Crippen molar-refractivity contribution in [1.82, 2.24) is 5.32 Å². The van der Waals surface area contributed by atoms with Crippen molar-refractivity contribution in [2.24, 2.45) is 4.99 Å². The van der Waals surface area contributed by atoms with Crippen molar-refractivity contribution in [3.8, 4) is 0 Å². The van der Waals surface area contributed by atoms with Crippen molar-refractivity contribution in [2.45, 2.75) is 32.8 Å². The number of aryl methyl sites for hydroxylation is 2. The number of carbonyl (C=O) groups is 1. The third-order valence-corrected chi connectivity index (χ3v) is 4.30. The summed E-state index contributed by atoms with van der Waals surface area (Å²) in [6.45, 7) is 5.25. The minimum Gasteiger partial charge on any atom is -0.376 e. The second-order valence-electron chi connectivity index (χ2n) is 6.79. The lowest BCUT2D eigenvalue weighted by molar-refractivity contribution is 0.0975. The lowest BCUT2D eigenvalue weighted by Gasteiger charge is -2.14. The van der Waals surface area contributed by atoms with Gasteiger partial charge in [0.15, 0.2) is 0 Å². The first-order valence-corrected chi connectivity index (χ1v) is 9.08. The van der Waals surface area contributed by atoms with Crippen molar-refractivity contribution in [1.29, 1.82) is 0 Å². The lowest BCUT2D eigenvalue weighted by atomic mass is 10.1. The Morgan fingerprint density at radius 2 is 1.89 bits per heavy atom. The summed E-state index contributed by atoms with van der Waals surface area (Å²) in [4.78, 5) is 17.0. The molecular formula is C21H24FN3O2. The average molecular weight is 369 g/mol. The molecular weight excluding hydrogens is 345 g/mol. The van der Waals surface area contributed by atoms with Gasteiger partial charge >= 0.3 is 0 Å². The molecule has 3 rings (SSSR count). The van der Waals surface area contributed by atoms with Gasteiger partial charge in [0.2, 0.25) is 5.96 Å². The molecule has 0 aromatic heterocycles. The predicted molar refractivity (Wildman–Crippen MR) is 105 cm³/mol. The Morgan fingerprint density at radius 1 is 1.19 bits per heavy atom. The first-order chi connectivity index (χ1) is 13.0. The molecule has 0 aliphatic carbocycles. The van der Waals surface area contributed by atoms with E-state index in [0.717, 1.165) is 36.3 Å². The molecule has 1 aliphatic rings. The number of rotatable bonds is 4. The number of anilines is 1. The Bertz CT molecular complexity index is 808. The van der Waals surface area contributed by atoms with Gasteiger partial charge in [-0.15, -0.1) is 0 Å². The number of nitrogens with one attached hydrogen (secondary N) is 2. The van der Waals surface area contributed by atoms with Crippen LogP contribution in [0.2, 0.25) is 0 Å². The fourth-order valence-corrected chi connectivity index (χ4v) is 3.06. The fraction of sp³-hybridized carbons (Fsp3) is 0.333. The number of aliphatic imine (C=N–C) groups is 1. The number of benzene rings is 2. The summed E-state index contributed by atoms with van der Waals surface area (Å²) >= 11 is 0. The fourth-order valence-electron chi connectivity index (χ4n) is 3.06. The van der Waals surface area contributed by atoms with Gasteiger partial charge in [-0.3, -0.25) is 10.1 Å². The minimum atomic E-state index is -0.382. The van der Waals surface area contributed by atoms with Crippen LogP contribution in [0.4, 0.5) is 10.1 Å². The van der Waals surface area contributed by atoms with Gasteiger partial charge in [0.05, 0.1) is 12.6 Å². The summed E-state index contributed by atoms with van der Waals surface area (Å²) < 4.78 is 18.7. The van der Waals surface area contributed by atoms with Crippen LogP contribution >= 0.6 is 0 Å². The molecule has 0 radical (unpaired) electrons. The molecule has 1 fully saturated rings. The number of carbonyl (C=O) groups excluding carboxylic acids is 1. The smallest absolute Gasteiger partial charge is 0.257 e. The molecule has 2 aromatic rings. The maximum absolute atomic E-state index is 13.1. The molecule has 5 nitrogen and oxygen atoms in total. The van der Waals surface area contributed by atoms with Crippen LogP contribution in [-0.2, 0) is 4.74 Å². The van der Waals surface area contributed by atoms with Crippen molar-refractivity contribution >= 4 is 17.6 Å². The zero-order valence-corrected chi connectivity index (χ0v) is 15.6. The van der Waals surface area contributed by atoms with Crippen LogP contribution in [0.3, 0.4) is 0 Å². The molecule has 27 heavy (non-hydrogen) atoms. The molecule has 0 unspecified atom stereocenters. The second-order valence-corrected chi connectivity index (χ2v) is 6.79. The van der Waals surface area contributed by atoms with Gasteiger partial charge in [-0.1, -0.05) is 6.07 Å². The number of hydrogen-bond donors (Lipinski definition) is 2. The van der Waals surface area contributed by atoms with E-state index < -0.39 is 0 Å². The molecule has 2 N–H and O–H groups in total. The number of halogens is 1. The Hall–Kier alpha value is -2.73. The summed E-state index contributed by atoms with van der Waals surface area (Å²) in [5, 5.41) is 5.97. The van der Waals surface area contributed by atoms with E-state index in [-0.39, 0.29) is 17.8 Å². The maximum Gasteiger partial charge on any atom is 0.257 e. The highest BCUT2D eigenvalue weighted by Gasteiger charge is 2.16. The first-order valence-electron chi connectivity index (χ1n) is 9.08. The number of ether oxygens (including phenoxy) is 1. The maximum atomic E-state index is 13.1. The third-order valence-electron chi connectivity index (χ3n) is 4.30. The first kappa shape index (κ1) is 19.0. The molecule has 1 saturated heterocycles. The van der Waals surface area contributed by atoms with Crippen molar-refractivity contribution in [2.75, 3.05) is 18.5 Å². The minimum absolute atomic E-state index is 0.0729. The van der Waals surface area contributed by atoms with Crippen LogP contribution in [0, 0.1) is 19.7 Å². The van der Waals surface area contributed by atoms with Gasteiger partial charge < -0.3 is 10.1 Å². The number of hydrogen-bond acceptors (Lipinski definition) is 3. The monoisotopic (exact) mass is 369 g/mol. The predicted octanol–water partition coefficient (Wildman–Crippen LogP) is 3.82. The van der Waals surface area contributed by atoms with Gasteiger partial charge in [-0.25, -0.2) is 9.38 Å². The Kier molecular flexibility index (Phi) is 6.19. The molecule has 6 heteroatoms. The molecule has 2 aromatic carbocycles. The van der Waals surface area contributed by atoms with Gasteiger partial charge in [0, 0.05) is 17.9 Å². The zero-order chi connectivity index (χ0) is 19.2. The number of guanidine groups is 1. The Labute approximate surface area is 158 Å². The SMILES string of the molecule is Cc1cc(C)cc(NC(=NC[C@@H]2CCCO2)NC(=O)c2ccc(F)cc2)c1. The summed E-state index contributed by atoms with van der Waals surface area (Å²) in [6, 6.07) is 11.5.